The Morgan fingerprint density at radius 1 is 0.774 bits per heavy atom. The van der Waals surface area contributed by atoms with Crippen molar-refractivity contribution in [3.63, 3.8) is 0 Å². The van der Waals surface area contributed by atoms with Gasteiger partial charge in [-0.2, -0.15) is 0 Å². The minimum atomic E-state index is -4.39. The number of aliphatic hydroxyl groups is 2. The Hall–Kier alpha value is -3.15. The fourth-order valence-corrected chi connectivity index (χ4v) is 4.72. The van der Waals surface area contributed by atoms with Crippen molar-refractivity contribution in [3.05, 3.63) is 59.7 Å². The average molecular weight is 452 g/mol. The summed E-state index contributed by atoms with van der Waals surface area (Å²) in [6.45, 7) is -1.86. The van der Waals surface area contributed by atoms with Crippen molar-refractivity contribution in [1.29, 1.82) is 0 Å². The van der Waals surface area contributed by atoms with E-state index in [9.17, 15) is 18.0 Å². The molecule has 0 aliphatic rings. The Labute approximate surface area is 179 Å². The van der Waals surface area contributed by atoms with E-state index in [0.717, 1.165) is 0 Å². The lowest BCUT2D eigenvalue weighted by atomic mass is 10.2. The molecular weight excluding hydrogens is 428 g/mol. The second-order valence-corrected chi connectivity index (χ2v) is 8.47. The first-order valence-corrected chi connectivity index (χ1v) is 10.7. The molecule has 168 valence electrons. The van der Waals surface area contributed by atoms with Crippen molar-refractivity contribution < 1.29 is 37.7 Å². The fourth-order valence-electron chi connectivity index (χ4n) is 2.79. The molecule has 0 bridgehead atoms. The maximum absolute atomic E-state index is 13.6. The van der Waals surface area contributed by atoms with Gasteiger partial charge in [0, 0.05) is 0 Å². The van der Waals surface area contributed by atoms with Crippen LogP contribution < -0.4 is 20.1 Å². The number of nitrogens with one attached hydrogen (secondary N) is 2. The quantitative estimate of drug-likeness (QED) is 0.394. The van der Waals surface area contributed by atoms with E-state index < -0.39 is 45.6 Å². The van der Waals surface area contributed by atoms with E-state index in [1.165, 1.54) is 62.8 Å². The van der Waals surface area contributed by atoms with Crippen LogP contribution in [-0.2, 0) is 19.4 Å². The summed E-state index contributed by atoms with van der Waals surface area (Å²) >= 11 is 0. The van der Waals surface area contributed by atoms with Gasteiger partial charge in [-0.15, -0.1) is 0 Å². The van der Waals surface area contributed by atoms with Crippen LogP contribution in [-0.4, -0.2) is 57.9 Å². The minimum Gasteiger partial charge on any atom is -0.497 e. The van der Waals surface area contributed by atoms with Gasteiger partial charge < -0.3 is 30.3 Å². The molecule has 2 rings (SSSR count). The highest BCUT2D eigenvalue weighted by atomic mass is 32.2. The van der Waals surface area contributed by atoms with E-state index in [-0.39, 0.29) is 11.1 Å². The summed E-state index contributed by atoms with van der Waals surface area (Å²) in [6, 6.07) is 11.8. The molecule has 0 saturated carbocycles. The molecule has 2 aromatic carbocycles. The number of aliphatic hydroxyl groups excluding tert-OH is 2. The summed E-state index contributed by atoms with van der Waals surface area (Å²) in [7, 11) is -1.50. The molecule has 2 atom stereocenters. The topological polar surface area (TPSA) is 151 Å². The number of methoxy groups -OCH3 is 2. The van der Waals surface area contributed by atoms with Gasteiger partial charge in [0.05, 0.1) is 14.2 Å². The zero-order chi connectivity index (χ0) is 23.0. The monoisotopic (exact) mass is 452 g/mol. The van der Waals surface area contributed by atoms with Gasteiger partial charge in [-0.25, -0.2) is 8.42 Å². The van der Waals surface area contributed by atoms with Gasteiger partial charge in [-0.1, -0.05) is 24.3 Å². The summed E-state index contributed by atoms with van der Waals surface area (Å²) in [6.07, 6.45) is 0. The smallest absolute Gasteiger partial charge is 0.246 e. The number of hydrogen-bond donors (Lipinski definition) is 4. The highest BCUT2D eigenvalue weighted by Gasteiger charge is 2.38. The third kappa shape index (κ3) is 5.94. The normalized spacial score (nSPS) is 13.0. The number of benzene rings is 2. The summed E-state index contributed by atoms with van der Waals surface area (Å²) in [5.74, 6) is -0.917. The molecule has 0 spiro atoms. The molecular formula is C20H24N2O8S. The molecule has 0 aliphatic carbocycles. The summed E-state index contributed by atoms with van der Waals surface area (Å²) < 4.78 is 37.3. The highest BCUT2D eigenvalue weighted by Crippen LogP contribution is 2.32. The number of carbonyl (C=O) groups is 2. The Morgan fingerprint density at radius 3 is 1.35 bits per heavy atom. The average Bonchev–Trinajstić information content (AvgIpc) is 2.80. The largest absolute Gasteiger partial charge is 0.497 e. The number of rotatable bonds is 10. The molecule has 2 aromatic rings. The second-order valence-electron chi connectivity index (χ2n) is 6.35. The van der Waals surface area contributed by atoms with Gasteiger partial charge in [0.15, 0.2) is 10.7 Å². The van der Waals surface area contributed by atoms with E-state index in [1.807, 2.05) is 0 Å². The van der Waals surface area contributed by atoms with Crippen LogP contribution in [0.4, 0.5) is 0 Å². The molecule has 0 radical (unpaired) electrons. The Balaban J connectivity index is 2.57. The predicted octanol–water partition coefficient (Wildman–Crippen LogP) is 0.0330. The van der Waals surface area contributed by atoms with Gasteiger partial charge in [-0.05, 0) is 35.4 Å². The van der Waals surface area contributed by atoms with Crippen molar-refractivity contribution in [1.82, 2.24) is 10.6 Å². The van der Waals surface area contributed by atoms with Gasteiger partial charge in [0.1, 0.15) is 24.7 Å². The molecule has 31 heavy (non-hydrogen) atoms. The van der Waals surface area contributed by atoms with Crippen molar-refractivity contribution in [3.8, 4) is 11.5 Å². The van der Waals surface area contributed by atoms with Crippen molar-refractivity contribution in [2.24, 2.45) is 0 Å². The van der Waals surface area contributed by atoms with Crippen LogP contribution in [0.1, 0.15) is 21.9 Å². The van der Waals surface area contributed by atoms with Crippen LogP contribution in [0.3, 0.4) is 0 Å². The molecule has 0 fully saturated rings. The first kappa shape index (κ1) is 24.1. The number of hydrogen-bond acceptors (Lipinski definition) is 8. The molecule has 0 aromatic heterocycles. The molecule has 0 saturated heterocycles. The lowest BCUT2D eigenvalue weighted by Crippen LogP contribution is -2.43. The van der Waals surface area contributed by atoms with Crippen LogP contribution in [0.25, 0.3) is 0 Å². The van der Waals surface area contributed by atoms with E-state index in [1.54, 1.807) is 0 Å². The van der Waals surface area contributed by atoms with Crippen LogP contribution in [0.15, 0.2) is 48.5 Å². The Kier molecular flexibility index (Phi) is 8.37. The Bertz CT molecular complexity index is 915. The molecule has 2 amide bonds. The molecule has 0 aliphatic heterocycles. The highest BCUT2D eigenvalue weighted by molar-refractivity contribution is 7.91. The number of sulfone groups is 1. The third-order valence-corrected chi connectivity index (χ3v) is 6.46. The minimum absolute atomic E-state index is 0.180. The molecule has 4 N–H and O–H groups in total. The van der Waals surface area contributed by atoms with Crippen LogP contribution >= 0.6 is 0 Å². The van der Waals surface area contributed by atoms with E-state index in [2.05, 4.69) is 10.6 Å². The van der Waals surface area contributed by atoms with Gasteiger partial charge in [0.25, 0.3) is 0 Å². The lowest BCUT2D eigenvalue weighted by molar-refractivity contribution is -0.124. The van der Waals surface area contributed by atoms with E-state index >= 15 is 0 Å². The number of amides is 2. The van der Waals surface area contributed by atoms with Gasteiger partial charge >= 0.3 is 0 Å². The van der Waals surface area contributed by atoms with Crippen LogP contribution in [0, 0.1) is 0 Å². The van der Waals surface area contributed by atoms with Crippen LogP contribution in [0.2, 0.25) is 0 Å². The maximum atomic E-state index is 13.6. The molecule has 10 nitrogen and oxygen atoms in total. The van der Waals surface area contributed by atoms with Crippen molar-refractivity contribution in [2.45, 2.75) is 10.7 Å². The van der Waals surface area contributed by atoms with E-state index in [4.69, 9.17) is 19.7 Å². The molecule has 0 heterocycles. The van der Waals surface area contributed by atoms with Crippen LogP contribution in [0.5, 0.6) is 11.5 Å². The number of ether oxygens (including phenoxy) is 2. The summed E-state index contributed by atoms with van der Waals surface area (Å²) in [4.78, 5) is 23.8. The first-order valence-electron chi connectivity index (χ1n) is 9.07. The fraction of sp³-hybridized carbons (Fsp3) is 0.300. The standard InChI is InChI=1S/C20H24N2O8S/c1-29-15-7-3-13(4-8-15)19(21-17(25)11-23)31(27,28)20(22-18(26)12-24)14-5-9-16(30-2)10-6-14/h3-10,19-20,23-24H,11-12H2,1-2H3,(H,21,25)(H,22,26). The third-order valence-electron chi connectivity index (χ3n) is 4.37. The van der Waals surface area contributed by atoms with E-state index in [0.29, 0.717) is 11.5 Å². The SMILES string of the molecule is COc1ccc(C(NC(=O)CO)S(=O)(=O)C(NC(=O)CO)c2ccc(OC)cc2)cc1. The van der Waals surface area contributed by atoms with Crippen molar-refractivity contribution in [2.75, 3.05) is 27.4 Å². The maximum Gasteiger partial charge on any atom is 0.246 e. The summed E-state index contributed by atoms with van der Waals surface area (Å²) in [5, 5.41) is 19.6. The van der Waals surface area contributed by atoms with Gasteiger partial charge in [-0.3, -0.25) is 9.59 Å². The second kappa shape index (κ2) is 10.8. The molecule has 11 heteroatoms. The van der Waals surface area contributed by atoms with Crippen molar-refractivity contribution >= 4 is 21.7 Å². The Morgan fingerprint density at radius 2 is 1.10 bits per heavy atom. The number of carbonyl (C=O) groups excluding carboxylic acids is 2. The molecule has 2 unspecified atom stereocenters. The zero-order valence-corrected chi connectivity index (χ0v) is 17.8. The predicted molar refractivity (Wildman–Crippen MR) is 111 cm³/mol. The lowest BCUT2D eigenvalue weighted by Gasteiger charge is -2.26. The first-order chi connectivity index (χ1) is 14.8. The summed E-state index contributed by atoms with van der Waals surface area (Å²) in [5.41, 5.74) is 0.360. The van der Waals surface area contributed by atoms with Gasteiger partial charge in [0.2, 0.25) is 21.7 Å². The zero-order valence-electron chi connectivity index (χ0n) is 16.9.